The second kappa shape index (κ2) is 7.93. The minimum Gasteiger partial charge on any atom is -0.331 e. The molecule has 0 radical (unpaired) electrons. The van der Waals surface area contributed by atoms with Crippen LogP contribution in [0.25, 0.3) is 0 Å². The fraction of sp³-hybridized carbons (Fsp3) is 0.381. The zero-order valence-electron chi connectivity index (χ0n) is 15.8. The van der Waals surface area contributed by atoms with Gasteiger partial charge in [-0.05, 0) is 57.0 Å². The van der Waals surface area contributed by atoms with Crippen molar-refractivity contribution in [3.05, 3.63) is 63.7 Å². The molecule has 0 saturated carbocycles. The number of nitrogens with zero attached hydrogens (tertiary/aromatic N) is 2. The molecule has 2 bridgehead atoms. The Balaban J connectivity index is 1.62. The number of hydrogen-bond acceptors (Lipinski definition) is 5. The zero-order chi connectivity index (χ0) is 19.7. The molecule has 2 aliphatic rings. The van der Waals surface area contributed by atoms with Gasteiger partial charge in [0.05, 0.1) is 9.82 Å². The molecule has 28 heavy (non-hydrogen) atoms. The molecule has 2 aromatic carbocycles. The van der Waals surface area contributed by atoms with Crippen molar-refractivity contribution in [2.75, 3.05) is 13.1 Å². The van der Waals surface area contributed by atoms with Crippen LogP contribution >= 0.6 is 11.8 Å². The maximum absolute atomic E-state index is 13.2. The average Bonchev–Trinajstić information content (AvgIpc) is 2.95. The lowest BCUT2D eigenvalue weighted by Crippen LogP contribution is -2.42. The summed E-state index contributed by atoms with van der Waals surface area (Å²) in [7, 11) is 0. The summed E-state index contributed by atoms with van der Waals surface area (Å²) in [5, 5.41) is 15.0. The highest BCUT2D eigenvalue weighted by atomic mass is 32.2. The molecule has 1 amide bonds. The van der Waals surface area contributed by atoms with Gasteiger partial charge in [-0.15, -0.1) is 0 Å². The van der Waals surface area contributed by atoms with E-state index in [0.717, 1.165) is 42.8 Å². The number of hydrogen-bond donors (Lipinski definition) is 1. The lowest BCUT2D eigenvalue weighted by atomic mass is 10.1. The quantitative estimate of drug-likeness (QED) is 0.623. The van der Waals surface area contributed by atoms with Gasteiger partial charge in [0.1, 0.15) is 0 Å². The van der Waals surface area contributed by atoms with Crippen molar-refractivity contribution >= 4 is 23.4 Å². The number of nitro groups is 1. The van der Waals surface area contributed by atoms with E-state index in [2.05, 4.69) is 5.32 Å². The van der Waals surface area contributed by atoms with Gasteiger partial charge in [0.25, 0.3) is 11.6 Å². The topological polar surface area (TPSA) is 75.5 Å². The van der Waals surface area contributed by atoms with Crippen LogP contribution in [0.2, 0.25) is 0 Å². The number of amides is 1. The van der Waals surface area contributed by atoms with Crippen LogP contribution in [-0.4, -0.2) is 40.9 Å². The zero-order valence-corrected chi connectivity index (χ0v) is 16.6. The molecule has 2 unspecified atom stereocenters. The summed E-state index contributed by atoms with van der Waals surface area (Å²) in [6, 6.07) is 13.1. The van der Waals surface area contributed by atoms with Crippen molar-refractivity contribution in [1.82, 2.24) is 10.2 Å². The third-order valence-corrected chi connectivity index (χ3v) is 6.61. The number of fused-ring (bicyclic) bond motifs is 2. The second-order valence-electron chi connectivity index (χ2n) is 7.44. The average molecular weight is 398 g/mol. The largest absolute Gasteiger partial charge is 0.331 e. The molecule has 2 saturated heterocycles. The summed E-state index contributed by atoms with van der Waals surface area (Å²) in [6.45, 7) is 3.71. The second-order valence-corrected chi connectivity index (χ2v) is 8.56. The third-order valence-electron chi connectivity index (χ3n) is 5.54. The maximum Gasteiger partial charge on any atom is 0.284 e. The van der Waals surface area contributed by atoms with E-state index in [4.69, 9.17) is 0 Å². The van der Waals surface area contributed by atoms with Crippen molar-refractivity contribution in [3.8, 4) is 0 Å². The molecular formula is C21H23N3O3S. The molecule has 7 heteroatoms. The van der Waals surface area contributed by atoms with Gasteiger partial charge in [-0.3, -0.25) is 14.9 Å². The first-order chi connectivity index (χ1) is 13.5. The Labute approximate surface area is 168 Å². The molecule has 0 aliphatic carbocycles. The fourth-order valence-electron chi connectivity index (χ4n) is 4.08. The van der Waals surface area contributed by atoms with E-state index in [1.54, 1.807) is 12.1 Å². The van der Waals surface area contributed by atoms with Gasteiger partial charge in [0, 0.05) is 35.2 Å². The summed E-state index contributed by atoms with van der Waals surface area (Å²) in [6.07, 6.45) is 2.94. The molecule has 2 aliphatic heterocycles. The van der Waals surface area contributed by atoms with Crippen molar-refractivity contribution < 1.29 is 9.72 Å². The van der Waals surface area contributed by atoms with E-state index < -0.39 is 4.92 Å². The minimum absolute atomic E-state index is 0.0169. The third kappa shape index (κ3) is 3.77. The van der Waals surface area contributed by atoms with Gasteiger partial charge in [-0.25, -0.2) is 0 Å². The molecule has 146 valence electrons. The summed E-state index contributed by atoms with van der Waals surface area (Å²) >= 11 is 1.35. The Morgan fingerprint density at radius 3 is 2.64 bits per heavy atom. The minimum atomic E-state index is -0.397. The van der Waals surface area contributed by atoms with E-state index in [-0.39, 0.29) is 23.7 Å². The molecular weight excluding hydrogens is 374 g/mol. The predicted molar refractivity (Wildman–Crippen MR) is 109 cm³/mol. The molecule has 1 N–H and O–H groups in total. The van der Waals surface area contributed by atoms with Crippen LogP contribution in [0.15, 0.2) is 52.3 Å². The molecule has 2 heterocycles. The summed E-state index contributed by atoms with van der Waals surface area (Å²) in [5.41, 5.74) is 1.52. The molecule has 0 aromatic heterocycles. The van der Waals surface area contributed by atoms with Crippen molar-refractivity contribution in [2.24, 2.45) is 0 Å². The van der Waals surface area contributed by atoms with Gasteiger partial charge in [0.15, 0.2) is 0 Å². The van der Waals surface area contributed by atoms with Crippen molar-refractivity contribution in [3.63, 3.8) is 0 Å². The van der Waals surface area contributed by atoms with Crippen LogP contribution in [0.4, 0.5) is 5.69 Å². The number of carbonyl (C=O) groups excluding carboxylic acids is 1. The van der Waals surface area contributed by atoms with Gasteiger partial charge >= 0.3 is 0 Å². The van der Waals surface area contributed by atoms with Gasteiger partial charge in [-0.1, -0.05) is 29.5 Å². The van der Waals surface area contributed by atoms with E-state index >= 15 is 0 Å². The van der Waals surface area contributed by atoms with Crippen LogP contribution < -0.4 is 5.32 Å². The number of benzene rings is 2. The van der Waals surface area contributed by atoms with Gasteiger partial charge in [0.2, 0.25) is 0 Å². The molecule has 2 atom stereocenters. The number of nitrogens with one attached hydrogen (secondary N) is 1. The highest BCUT2D eigenvalue weighted by molar-refractivity contribution is 7.99. The van der Waals surface area contributed by atoms with Crippen LogP contribution in [-0.2, 0) is 0 Å². The van der Waals surface area contributed by atoms with E-state index in [1.807, 2.05) is 36.1 Å². The standard InChI is InChI=1S/C21H23N3O3S/c1-14-2-7-18(8-3-14)28-20-9-4-15(12-19(20)24(26)27)21(25)23-16-5-6-17(23)13-22-11-10-16/h2-4,7-9,12,16-17,22H,5-6,10-11,13H2,1H3. The van der Waals surface area contributed by atoms with Crippen LogP contribution in [0.3, 0.4) is 0 Å². The Bertz CT molecular complexity index is 886. The number of nitro benzene ring substituents is 1. The first-order valence-electron chi connectivity index (χ1n) is 9.59. The van der Waals surface area contributed by atoms with E-state index in [1.165, 1.54) is 17.8 Å². The number of aryl methyl sites for hydroxylation is 1. The van der Waals surface area contributed by atoms with E-state index in [0.29, 0.717) is 10.5 Å². The van der Waals surface area contributed by atoms with Gasteiger partial charge in [-0.2, -0.15) is 0 Å². The smallest absolute Gasteiger partial charge is 0.284 e. The normalized spacial score (nSPS) is 21.4. The van der Waals surface area contributed by atoms with Crippen LogP contribution in [0.5, 0.6) is 0 Å². The summed E-state index contributed by atoms with van der Waals surface area (Å²) in [5.74, 6) is -0.0915. The summed E-state index contributed by atoms with van der Waals surface area (Å²) < 4.78 is 0. The van der Waals surface area contributed by atoms with Crippen LogP contribution in [0, 0.1) is 17.0 Å². The molecule has 0 spiro atoms. The number of rotatable bonds is 4. The predicted octanol–water partition coefficient (Wildman–Crippen LogP) is 4.02. The molecule has 4 rings (SSSR count). The first kappa shape index (κ1) is 19.0. The first-order valence-corrected chi connectivity index (χ1v) is 10.4. The Morgan fingerprint density at radius 2 is 1.89 bits per heavy atom. The highest BCUT2D eigenvalue weighted by Gasteiger charge is 2.38. The fourth-order valence-corrected chi connectivity index (χ4v) is 4.98. The Hall–Kier alpha value is -2.38. The highest BCUT2D eigenvalue weighted by Crippen LogP contribution is 2.37. The lowest BCUT2D eigenvalue weighted by molar-refractivity contribution is -0.387. The van der Waals surface area contributed by atoms with Gasteiger partial charge < -0.3 is 10.2 Å². The Kier molecular flexibility index (Phi) is 5.37. The molecule has 6 nitrogen and oxygen atoms in total. The Morgan fingerprint density at radius 1 is 1.14 bits per heavy atom. The SMILES string of the molecule is Cc1ccc(Sc2ccc(C(=O)N3C4CCNCC3CC4)cc2[N+](=O)[O-])cc1. The monoisotopic (exact) mass is 397 g/mol. The molecule has 2 aromatic rings. The van der Waals surface area contributed by atoms with Crippen LogP contribution in [0.1, 0.15) is 35.2 Å². The lowest BCUT2D eigenvalue weighted by Gasteiger charge is -2.28. The van der Waals surface area contributed by atoms with E-state index in [9.17, 15) is 14.9 Å². The summed E-state index contributed by atoms with van der Waals surface area (Å²) in [4.78, 5) is 27.9. The van der Waals surface area contributed by atoms with Crippen molar-refractivity contribution in [1.29, 1.82) is 0 Å². The molecule has 2 fully saturated rings. The number of carbonyl (C=O) groups is 1. The maximum atomic E-state index is 13.2. The van der Waals surface area contributed by atoms with Crippen molar-refractivity contribution in [2.45, 2.75) is 48.1 Å².